The van der Waals surface area contributed by atoms with Crippen LogP contribution in [-0.4, -0.2) is 11.5 Å². The number of hydrogen-bond donors (Lipinski definition) is 0. The Kier molecular flexibility index (Phi) is 4.75. The Morgan fingerprint density at radius 3 is 1.56 bits per heavy atom. The first kappa shape index (κ1) is 13.3. The Morgan fingerprint density at radius 1 is 0.625 bits per heavy atom. The van der Waals surface area contributed by atoms with Crippen molar-refractivity contribution in [3.05, 3.63) is 24.6 Å². The highest BCUT2D eigenvalue weighted by Crippen LogP contribution is 2.65. The van der Waals surface area contributed by atoms with Crippen LogP contribution in [0.15, 0.2) is 24.6 Å². The molecule has 0 saturated carbocycles. The fourth-order valence-electron chi connectivity index (χ4n) is 1.15. The van der Waals surface area contributed by atoms with Crippen molar-refractivity contribution in [2.45, 2.75) is 0 Å². The Labute approximate surface area is 137 Å². The predicted octanol–water partition coefficient (Wildman–Crippen LogP) is 6.60. The van der Waals surface area contributed by atoms with Crippen LogP contribution in [0.5, 0.6) is 0 Å². The van der Waals surface area contributed by atoms with Crippen LogP contribution in [0.2, 0.25) is 0 Å². The van der Waals surface area contributed by atoms with Crippen LogP contribution in [0.1, 0.15) is 0 Å². The van der Waals surface area contributed by atoms with E-state index in [1.54, 1.807) is 0 Å². The van der Waals surface area contributed by atoms with E-state index in [0.29, 0.717) is 0 Å². The standard InChI is InChI=1S/C8H4Br2S6/c9-3-4(10)14-7(13-3)8-15-5-6(16-8)12-2-1-11-5/h1-2H2. The number of halogens is 2. The second-order valence-corrected chi connectivity index (χ2v) is 12.8. The Hall–Kier alpha value is 2.28. The maximum Gasteiger partial charge on any atom is 0.0767 e. The van der Waals surface area contributed by atoms with Crippen LogP contribution >= 0.6 is 102 Å². The van der Waals surface area contributed by atoms with Gasteiger partial charge in [-0.15, -0.1) is 23.5 Å². The molecule has 0 aromatic rings. The highest BCUT2D eigenvalue weighted by molar-refractivity contribution is 9.17. The maximum absolute atomic E-state index is 3.57. The van der Waals surface area contributed by atoms with Crippen LogP contribution in [0.25, 0.3) is 0 Å². The van der Waals surface area contributed by atoms with E-state index >= 15 is 0 Å². The molecule has 0 bridgehead atoms. The summed E-state index contributed by atoms with van der Waals surface area (Å²) >= 11 is 18.7. The van der Waals surface area contributed by atoms with Crippen molar-refractivity contribution in [1.82, 2.24) is 0 Å². The van der Waals surface area contributed by atoms with E-state index in [1.165, 1.54) is 36.1 Å². The van der Waals surface area contributed by atoms with Crippen LogP contribution in [0, 0.1) is 0 Å². The van der Waals surface area contributed by atoms with Gasteiger partial charge in [0.1, 0.15) is 0 Å². The predicted molar refractivity (Wildman–Crippen MR) is 94.2 cm³/mol. The normalized spacial score (nSPS) is 25.9. The lowest BCUT2D eigenvalue weighted by molar-refractivity contribution is 1.56. The second kappa shape index (κ2) is 5.73. The lowest BCUT2D eigenvalue weighted by Gasteiger charge is -2.08. The summed E-state index contributed by atoms with van der Waals surface area (Å²) in [7, 11) is 0. The van der Waals surface area contributed by atoms with Crippen molar-refractivity contribution < 1.29 is 0 Å². The Morgan fingerprint density at radius 2 is 1.06 bits per heavy atom. The van der Waals surface area contributed by atoms with Gasteiger partial charge in [0.2, 0.25) is 0 Å². The van der Waals surface area contributed by atoms with Crippen molar-refractivity contribution >= 4 is 102 Å². The van der Waals surface area contributed by atoms with E-state index in [9.17, 15) is 0 Å². The molecule has 0 nitrogen and oxygen atoms in total. The summed E-state index contributed by atoms with van der Waals surface area (Å²) in [5.41, 5.74) is 0. The molecule has 0 atom stereocenters. The van der Waals surface area contributed by atoms with Crippen LogP contribution in [0.4, 0.5) is 0 Å². The average molecular weight is 452 g/mol. The molecule has 8 heteroatoms. The monoisotopic (exact) mass is 450 g/mol. The molecule has 16 heavy (non-hydrogen) atoms. The van der Waals surface area contributed by atoms with Crippen LogP contribution in [0.3, 0.4) is 0 Å². The van der Waals surface area contributed by atoms with Gasteiger partial charge >= 0.3 is 0 Å². The third kappa shape index (κ3) is 2.73. The van der Waals surface area contributed by atoms with Gasteiger partial charge in [0.05, 0.1) is 24.6 Å². The van der Waals surface area contributed by atoms with E-state index in [0.717, 1.165) is 0 Å². The first-order valence-corrected chi connectivity index (χ1v) is 11.1. The van der Waals surface area contributed by atoms with Crippen molar-refractivity contribution in [1.29, 1.82) is 0 Å². The molecular weight excluding hydrogens is 448 g/mol. The summed E-state index contributed by atoms with van der Waals surface area (Å²) in [4.78, 5) is 0. The molecule has 3 aliphatic heterocycles. The van der Waals surface area contributed by atoms with E-state index in [2.05, 4.69) is 31.9 Å². The molecule has 3 aliphatic rings. The third-order valence-corrected chi connectivity index (χ3v) is 13.1. The molecule has 3 heterocycles. The number of rotatable bonds is 0. The SMILES string of the molecule is BrC1=C(Br)SC(=C2SC3=C(SCCS3)S2)S1. The zero-order valence-electron chi connectivity index (χ0n) is 7.62. The van der Waals surface area contributed by atoms with Crippen molar-refractivity contribution in [2.24, 2.45) is 0 Å². The maximum atomic E-state index is 3.57. The molecule has 0 amide bonds. The minimum Gasteiger partial charge on any atom is -0.116 e. The summed E-state index contributed by atoms with van der Waals surface area (Å²) < 4.78 is 8.29. The second-order valence-electron chi connectivity index (χ2n) is 2.80. The summed E-state index contributed by atoms with van der Waals surface area (Å²) in [6.07, 6.45) is 0. The first-order chi connectivity index (χ1) is 7.74. The van der Waals surface area contributed by atoms with Gasteiger partial charge in [0.15, 0.2) is 0 Å². The smallest absolute Gasteiger partial charge is 0.0767 e. The van der Waals surface area contributed by atoms with Crippen molar-refractivity contribution in [3.63, 3.8) is 0 Å². The summed E-state index contributed by atoms with van der Waals surface area (Å²) in [6, 6.07) is 0. The van der Waals surface area contributed by atoms with E-state index in [-0.39, 0.29) is 0 Å². The van der Waals surface area contributed by atoms with Gasteiger partial charge in [-0.25, -0.2) is 0 Å². The summed E-state index contributed by atoms with van der Waals surface area (Å²) in [6.45, 7) is 0. The lowest BCUT2D eigenvalue weighted by Crippen LogP contribution is -1.88. The minimum atomic E-state index is 1.20. The quantitative estimate of drug-likeness (QED) is 0.404. The molecule has 0 unspecified atom stereocenters. The van der Waals surface area contributed by atoms with E-state index in [4.69, 9.17) is 0 Å². The summed E-state index contributed by atoms with van der Waals surface area (Å²) in [5, 5.41) is 0. The zero-order valence-corrected chi connectivity index (χ0v) is 15.7. The van der Waals surface area contributed by atoms with Gasteiger partial charge < -0.3 is 0 Å². The average Bonchev–Trinajstić information content (AvgIpc) is 2.83. The highest BCUT2D eigenvalue weighted by atomic mass is 79.9. The zero-order chi connectivity index (χ0) is 11.1. The van der Waals surface area contributed by atoms with Crippen molar-refractivity contribution in [3.8, 4) is 0 Å². The molecule has 0 spiro atoms. The molecular formula is C8H4Br2S6. The van der Waals surface area contributed by atoms with Gasteiger partial charge in [0, 0.05) is 11.5 Å². The molecule has 0 N–H and O–H groups in total. The van der Waals surface area contributed by atoms with Crippen LogP contribution in [-0.2, 0) is 0 Å². The van der Waals surface area contributed by atoms with E-state index < -0.39 is 0 Å². The van der Waals surface area contributed by atoms with Crippen LogP contribution < -0.4 is 0 Å². The topological polar surface area (TPSA) is 0 Å². The molecule has 0 aliphatic carbocycles. The summed E-state index contributed by atoms with van der Waals surface area (Å²) in [5.74, 6) is 2.51. The number of thioether (sulfide) groups is 6. The molecule has 0 aromatic heterocycles. The molecule has 0 saturated heterocycles. The minimum absolute atomic E-state index is 1.20. The third-order valence-electron chi connectivity index (χ3n) is 1.77. The Balaban J connectivity index is 1.79. The molecule has 0 radical (unpaired) electrons. The molecule has 3 rings (SSSR count). The Bertz CT molecular complexity index is 402. The van der Waals surface area contributed by atoms with Gasteiger partial charge in [-0.2, -0.15) is 0 Å². The van der Waals surface area contributed by atoms with Gasteiger partial charge in [-0.05, 0) is 31.9 Å². The number of hydrogen-bond acceptors (Lipinski definition) is 6. The van der Waals surface area contributed by atoms with Gasteiger partial charge in [-0.1, -0.05) is 47.0 Å². The fourth-order valence-corrected chi connectivity index (χ4v) is 11.4. The van der Waals surface area contributed by atoms with Gasteiger partial charge in [-0.3, -0.25) is 0 Å². The van der Waals surface area contributed by atoms with E-state index in [1.807, 2.05) is 70.6 Å². The molecule has 0 fully saturated rings. The lowest BCUT2D eigenvalue weighted by atomic mass is 11.0. The highest BCUT2D eigenvalue weighted by Gasteiger charge is 2.30. The van der Waals surface area contributed by atoms with Gasteiger partial charge in [0.25, 0.3) is 0 Å². The molecule has 86 valence electrons. The molecule has 0 aromatic carbocycles. The first-order valence-electron chi connectivity index (χ1n) is 4.25. The largest absolute Gasteiger partial charge is 0.116 e. The fraction of sp³-hybridized carbons (Fsp3) is 0.250. The van der Waals surface area contributed by atoms with Crippen molar-refractivity contribution in [2.75, 3.05) is 11.5 Å².